The number of hydrogen-bond acceptors (Lipinski definition) is 4. The number of terminal acetylenes is 1. The molecule has 5 unspecified atom stereocenters. The molecule has 0 aromatic heterocycles. The van der Waals surface area contributed by atoms with Crippen molar-refractivity contribution < 1.29 is 22.8 Å². The first-order valence-electron chi connectivity index (χ1n) is 10.5. The van der Waals surface area contributed by atoms with E-state index in [4.69, 9.17) is 6.42 Å². The lowest BCUT2D eigenvalue weighted by Gasteiger charge is -2.30. The highest BCUT2D eigenvalue weighted by molar-refractivity contribution is 8.14. The molecule has 2 heterocycles. The molecule has 0 bridgehead atoms. The zero-order chi connectivity index (χ0) is 23.6. The highest BCUT2D eigenvalue weighted by Gasteiger charge is 2.45. The van der Waals surface area contributed by atoms with Gasteiger partial charge in [0.1, 0.15) is 6.04 Å². The second-order valence-corrected chi connectivity index (χ2v) is 9.27. The van der Waals surface area contributed by atoms with Crippen LogP contribution in [0.1, 0.15) is 55.5 Å². The first kappa shape index (κ1) is 24.0. The Bertz CT molecular complexity index is 929. The van der Waals surface area contributed by atoms with Gasteiger partial charge >= 0.3 is 6.18 Å². The number of alkyl halides is 3. The molecule has 32 heavy (non-hydrogen) atoms. The molecule has 170 valence electrons. The van der Waals surface area contributed by atoms with Crippen molar-refractivity contribution in [3.05, 3.63) is 35.4 Å². The molecule has 0 radical (unpaired) electrons. The zero-order valence-corrected chi connectivity index (χ0v) is 18.6. The summed E-state index contributed by atoms with van der Waals surface area (Å²) in [7, 11) is 0. The van der Waals surface area contributed by atoms with Gasteiger partial charge in [-0.15, -0.1) is 6.42 Å². The van der Waals surface area contributed by atoms with Crippen molar-refractivity contribution in [1.82, 2.24) is 9.80 Å². The molecule has 5 atom stereocenters. The fraction of sp³-hybridized carbons (Fsp3) is 0.522. The number of likely N-dealkylation sites (tertiary alicyclic amines) is 2. The van der Waals surface area contributed by atoms with Crippen LogP contribution in [-0.2, 0) is 6.18 Å². The molecule has 2 aliphatic heterocycles. The number of amides is 2. The molecule has 1 aromatic rings. The van der Waals surface area contributed by atoms with E-state index in [1.807, 2.05) is 13.8 Å². The maximum Gasteiger partial charge on any atom is 0.416 e. The highest BCUT2D eigenvalue weighted by Crippen LogP contribution is 2.39. The number of carbonyl (C=O) groups is 2. The van der Waals surface area contributed by atoms with Crippen LogP contribution in [0.4, 0.5) is 18.0 Å². The molecule has 5 nitrogen and oxygen atoms in total. The Balaban J connectivity index is 1.76. The summed E-state index contributed by atoms with van der Waals surface area (Å²) in [5.41, 5.74) is -0.632. The van der Waals surface area contributed by atoms with E-state index in [-0.39, 0.29) is 34.0 Å². The van der Waals surface area contributed by atoms with Crippen molar-refractivity contribution in [3.63, 3.8) is 0 Å². The van der Waals surface area contributed by atoms with Crippen LogP contribution in [0.3, 0.4) is 0 Å². The average Bonchev–Trinajstić information content (AvgIpc) is 3.32. The predicted molar refractivity (Wildman–Crippen MR) is 116 cm³/mol. The van der Waals surface area contributed by atoms with Crippen LogP contribution in [0.15, 0.2) is 24.3 Å². The normalized spacial score (nSPS) is 27.8. The van der Waals surface area contributed by atoms with Crippen molar-refractivity contribution in [2.45, 2.75) is 75.1 Å². The van der Waals surface area contributed by atoms with Gasteiger partial charge in [0, 0.05) is 22.9 Å². The summed E-state index contributed by atoms with van der Waals surface area (Å²) in [6.07, 6.45) is 3.34. The fourth-order valence-electron chi connectivity index (χ4n) is 4.55. The lowest BCUT2D eigenvalue weighted by Crippen LogP contribution is -2.43. The molecule has 9 heteroatoms. The number of nitrogens with zero attached hydrogens (tertiary/aromatic N) is 3. The third-order valence-corrected chi connectivity index (χ3v) is 7.36. The summed E-state index contributed by atoms with van der Waals surface area (Å²) in [6, 6.07) is 4.90. The van der Waals surface area contributed by atoms with Gasteiger partial charge in [0.2, 0.25) is 0 Å². The first-order chi connectivity index (χ1) is 15.1. The quantitative estimate of drug-likeness (QED) is 0.597. The second kappa shape index (κ2) is 9.46. The van der Waals surface area contributed by atoms with Gasteiger partial charge in [-0.2, -0.15) is 18.4 Å². The van der Waals surface area contributed by atoms with E-state index in [9.17, 15) is 28.0 Å². The molecule has 3 rings (SSSR count). The number of hydrogen-bond donors (Lipinski definition) is 0. The van der Waals surface area contributed by atoms with Crippen molar-refractivity contribution in [2.75, 3.05) is 0 Å². The number of benzene rings is 1. The molecule has 2 fully saturated rings. The smallest absolute Gasteiger partial charge is 0.332 e. The molecular formula is C23H24F3N3O2S. The largest absolute Gasteiger partial charge is 0.416 e. The van der Waals surface area contributed by atoms with Crippen LogP contribution in [0.25, 0.3) is 0 Å². The Kier molecular flexibility index (Phi) is 7.09. The minimum atomic E-state index is -4.47. The van der Waals surface area contributed by atoms with E-state index in [1.165, 1.54) is 17.0 Å². The van der Waals surface area contributed by atoms with Crippen molar-refractivity contribution in [1.29, 1.82) is 5.26 Å². The zero-order valence-electron chi connectivity index (χ0n) is 17.8. The summed E-state index contributed by atoms with van der Waals surface area (Å²) in [5.74, 6) is 2.22. The van der Waals surface area contributed by atoms with E-state index >= 15 is 0 Å². The second-order valence-electron chi connectivity index (χ2n) is 8.08. The van der Waals surface area contributed by atoms with Crippen LogP contribution < -0.4 is 0 Å². The monoisotopic (exact) mass is 463 g/mol. The molecule has 2 amide bonds. The maximum atomic E-state index is 13.1. The van der Waals surface area contributed by atoms with Crippen LogP contribution in [-0.4, -0.2) is 50.4 Å². The van der Waals surface area contributed by atoms with Gasteiger partial charge in [0.05, 0.1) is 17.7 Å². The van der Waals surface area contributed by atoms with Gasteiger partial charge in [-0.1, -0.05) is 24.6 Å². The molecule has 1 aromatic carbocycles. The van der Waals surface area contributed by atoms with Crippen LogP contribution >= 0.6 is 11.8 Å². The highest BCUT2D eigenvalue weighted by atomic mass is 32.2. The SMILES string of the molecule is C#CC1CCC(C#N)N1C(=O)SC1CC(C)N(C(=O)c2ccc(C(F)(F)F)cc2)C1CC. The molecule has 0 N–H and O–H groups in total. The van der Waals surface area contributed by atoms with Gasteiger partial charge < -0.3 is 9.80 Å². The number of thioether (sulfide) groups is 1. The number of rotatable bonds is 3. The number of carbonyl (C=O) groups excluding carboxylic acids is 2. The van der Waals surface area contributed by atoms with Crippen LogP contribution in [0.5, 0.6) is 0 Å². The van der Waals surface area contributed by atoms with E-state index in [0.29, 0.717) is 25.7 Å². The summed E-state index contributed by atoms with van der Waals surface area (Å²) in [5, 5.41) is 8.90. The summed E-state index contributed by atoms with van der Waals surface area (Å²) in [6.45, 7) is 3.78. The lowest BCUT2D eigenvalue weighted by atomic mass is 10.1. The third kappa shape index (κ3) is 4.59. The molecule has 2 saturated heterocycles. The third-order valence-electron chi connectivity index (χ3n) is 6.14. The average molecular weight is 464 g/mol. The van der Waals surface area contributed by atoms with Crippen molar-refractivity contribution in [3.8, 4) is 18.4 Å². The minimum Gasteiger partial charge on any atom is -0.332 e. The van der Waals surface area contributed by atoms with Gasteiger partial charge in [-0.05, 0) is 56.9 Å². The minimum absolute atomic E-state index is 0.178. The Morgan fingerprint density at radius 1 is 1.19 bits per heavy atom. The molecular weight excluding hydrogens is 439 g/mol. The Morgan fingerprint density at radius 3 is 2.34 bits per heavy atom. The van der Waals surface area contributed by atoms with Gasteiger partial charge in [0.15, 0.2) is 0 Å². The van der Waals surface area contributed by atoms with Crippen molar-refractivity contribution >= 4 is 22.9 Å². The van der Waals surface area contributed by atoms with Crippen molar-refractivity contribution in [2.24, 2.45) is 0 Å². The molecule has 2 aliphatic rings. The van der Waals surface area contributed by atoms with Gasteiger partial charge in [-0.25, -0.2) is 0 Å². The van der Waals surface area contributed by atoms with E-state index < -0.39 is 23.8 Å². The first-order valence-corrected chi connectivity index (χ1v) is 11.3. The van der Waals surface area contributed by atoms with E-state index in [1.54, 1.807) is 4.90 Å². The predicted octanol–water partition coefficient (Wildman–Crippen LogP) is 4.93. The molecule has 0 saturated carbocycles. The lowest BCUT2D eigenvalue weighted by molar-refractivity contribution is -0.137. The number of nitriles is 1. The van der Waals surface area contributed by atoms with Gasteiger partial charge in [0.25, 0.3) is 11.1 Å². The Hall–Kier alpha value is -2.65. The summed E-state index contributed by atoms with van der Waals surface area (Å²) in [4.78, 5) is 29.3. The maximum absolute atomic E-state index is 13.1. The standard InChI is InChI=1S/C23H24F3N3O2S/c1-4-17-10-11-18(13-27)29(17)22(31)32-20-12-14(3)28(19(20)5-2)21(30)15-6-8-16(9-7-15)23(24,25)26/h1,6-9,14,17-20H,5,10-12H2,2-3H3. The summed E-state index contributed by atoms with van der Waals surface area (Å²) >= 11 is 1.10. The Labute approximate surface area is 189 Å². The van der Waals surface area contributed by atoms with E-state index in [0.717, 1.165) is 23.9 Å². The number of halogens is 3. The topological polar surface area (TPSA) is 64.4 Å². The van der Waals surface area contributed by atoms with Crippen LogP contribution in [0, 0.1) is 23.7 Å². The Morgan fingerprint density at radius 2 is 1.81 bits per heavy atom. The van der Waals surface area contributed by atoms with Crippen LogP contribution in [0.2, 0.25) is 0 Å². The van der Waals surface area contributed by atoms with Gasteiger partial charge in [-0.3, -0.25) is 9.59 Å². The van der Waals surface area contributed by atoms with E-state index in [2.05, 4.69) is 12.0 Å². The molecule has 0 aliphatic carbocycles. The summed E-state index contributed by atoms with van der Waals surface area (Å²) < 4.78 is 38.5. The fourth-order valence-corrected chi connectivity index (χ4v) is 6.04. The molecule has 0 spiro atoms.